The van der Waals surface area contributed by atoms with Crippen LogP contribution in [0, 0.1) is 5.82 Å². The number of methoxy groups -OCH3 is 1. The highest BCUT2D eigenvalue weighted by atomic mass is 35.5. The first-order chi connectivity index (χ1) is 25.7. The molecule has 5 aromatic rings. The van der Waals surface area contributed by atoms with Crippen molar-refractivity contribution in [3.63, 3.8) is 0 Å². The molecular weight excluding hydrogens is 740 g/mol. The summed E-state index contributed by atoms with van der Waals surface area (Å²) >= 11 is 14.1. The Morgan fingerprint density at radius 3 is 2.41 bits per heavy atom. The van der Waals surface area contributed by atoms with Crippen LogP contribution in [0.1, 0.15) is 44.0 Å². The number of halogens is 3. The predicted molar refractivity (Wildman–Crippen MR) is 201 cm³/mol. The molecule has 3 aromatic heterocycles. The zero-order valence-electron chi connectivity index (χ0n) is 29.7. The summed E-state index contributed by atoms with van der Waals surface area (Å²) in [7, 11) is 2.99. The molecule has 0 radical (unpaired) electrons. The molecule has 2 fully saturated rings. The van der Waals surface area contributed by atoms with Crippen molar-refractivity contribution >= 4 is 40.7 Å². The summed E-state index contributed by atoms with van der Waals surface area (Å²) in [5, 5.41) is 31.3. The van der Waals surface area contributed by atoms with E-state index >= 15 is 4.39 Å². The van der Waals surface area contributed by atoms with Gasteiger partial charge in [-0.3, -0.25) is 14.2 Å². The smallest absolute Gasteiger partial charge is 0.407 e. The molecule has 282 valence electrons. The van der Waals surface area contributed by atoms with Gasteiger partial charge in [-0.15, -0.1) is 0 Å². The number of ether oxygens (including phenoxy) is 1. The van der Waals surface area contributed by atoms with Crippen LogP contribution in [-0.2, 0) is 24.9 Å². The Labute approximate surface area is 319 Å². The number of amides is 2. The van der Waals surface area contributed by atoms with E-state index < -0.39 is 17.5 Å². The molecular formula is C38H38Cl2FN7O6. The number of benzene rings is 2. The van der Waals surface area contributed by atoms with Gasteiger partial charge in [0, 0.05) is 72.2 Å². The van der Waals surface area contributed by atoms with Crippen LogP contribution in [-0.4, -0.2) is 77.6 Å². The van der Waals surface area contributed by atoms with E-state index in [0.717, 1.165) is 4.90 Å². The topological polar surface area (TPSA) is 163 Å². The minimum Gasteiger partial charge on any atom is -0.481 e. The normalized spacial score (nSPS) is 19.5. The van der Waals surface area contributed by atoms with E-state index in [4.69, 9.17) is 33.0 Å². The van der Waals surface area contributed by atoms with Gasteiger partial charge < -0.3 is 30.5 Å². The number of fused-ring (bicyclic) bond motifs is 1. The highest BCUT2D eigenvalue weighted by Gasteiger charge is 2.38. The number of aromatic nitrogens is 4. The second-order valence-electron chi connectivity index (χ2n) is 14.1. The molecule has 1 aliphatic heterocycles. The fraction of sp³-hybridized carbons (Fsp3) is 0.342. The fourth-order valence-electron chi connectivity index (χ4n) is 7.21. The summed E-state index contributed by atoms with van der Waals surface area (Å²) in [5.41, 5.74) is 2.38. The first-order valence-corrected chi connectivity index (χ1v) is 18.1. The highest BCUT2D eigenvalue weighted by Crippen LogP contribution is 2.43. The maximum absolute atomic E-state index is 15.8. The van der Waals surface area contributed by atoms with Gasteiger partial charge in [0.25, 0.3) is 5.56 Å². The third-order valence-corrected chi connectivity index (χ3v) is 10.9. The van der Waals surface area contributed by atoms with E-state index in [0.29, 0.717) is 76.4 Å². The number of carbonyl (C=O) groups excluding carboxylic acids is 1. The zero-order valence-corrected chi connectivity index (χ0v) is 31.2. The average molecular weight is 779 g/mol. The number of hydrogen-bond donors (Lipinski definition) is 4. The molecule has 1 saturated heterocycles. The number of carboxylic acid groups (broad SMARTS) is 1. The van der Waals surface area contributed by atoms with Crippen LogP contribution >= 0.6 is 23.2 Å². The maximum Gasteiger partial charge on any atom is 0.407 e. The number of carbonyl (C=O) groups is 2. The second kappa shape index (κ2) is 14.7. The maximum atomic E-state index is 15.8. The molecule has 2 amide bonds. The van der Waals surface area contributed by atoms with Crippen molar-refractivity contribution in [1.29, 1.82) is 0 Å². The molecule has 0 bridgehead atoms. The number of nitrogens with zero attached hydrogens (tertiary/aromatic N) is 5. The molecule has 1 aliphatic carbocycles. The van der Waals surface area contributed by atoms with Crippen molar-refractivity contribution in [2.45, 2.75) is 63.4 Å². The van der Waals surface area contributed by atoms with Gasteiger partial charge in [-0.05, 0) is 32.3 Å². The minimum absolute atomic E-state index is 0.0175. The van der Waals surface area contributed by atoms with Gasteiger partial charge in [-0.2, -0.15) is 5.10 Å². The lowest BCUT2D eigenvalue weighted by Crippen LogP contribution is -2.51. The number of hydrogen-bond acceptors (Lipinski definition) is 8. The van der Waals surface area contributed by atoms with Crippen molar-refractivity contribution in [3.8, 4) is 39.4 Å². The molecule has 0 spiro atoms. The van der Waals surface area contributed by atoms with Gasteiger partial charge >= 0.3 is 6.09 Å². The Morgan fingerprint density at radius 2 is 1.78 bits per heavy atom. The Hall–Kier alpha value is -5.02. The van der Waals surface area contributed by atoms with E-state index in [1.807, 2.05) is 12.1 Å². The summed E-state index contributed by atoms with van der Waals surface area (Å²) in [4.78, 5) is 42.6. The van der Waals surface area contributed by atoms with Gasteiger partial charge in [0.1, 0.15) is 17.2 Å². The monoisotopic (exact) mass is 777 g/mol. The van der Waals surface area contributed by atoms with Crippen molar-refractivity contribution in [2.75, 3.05) is 13.7 Å². The standard InChI is InChI=1S/C38H38Cl2FN7O6/c1-38(53)14-22(15-38)42-16-31-45-48-17-20(12-30(48)36(50)46(31)2)23-6-4-7-24(33(23)39)25-8-5-9-26(34(25)40)29-13-28(41)27(35(44-29)54-3)19-47(37(51)52)18-21-10-11-32(49)43-21/h4-9,12-13,17,21-22,42,53H,10-11,14-16,18-19H2,1-3H3,(H,43,49)(H,51,52)/t21-,22?,38?/m0/s1. The van der Waals surface area contributed by atoms with Crippen LogP contribution in [0.3, 0.4) is 0 Å². The lowest BCUT2D eigenvalue weighted by Gasteiger charge is -2.41. The van der Waals surface area contributed by atoms with E-state index in [2.05, 4.69) is 15.6 Å². The van der Waals surface area contributed by atoms with Crippen LogP contribution in [0.4, 0.5) is 9.18 Å². The largest absolute Gasteiger partial charge is 0.481 e. The summed E-state index contributed by atoms with van der Waals surface area (Å²) in [5.74, 6) is -0.466. The Morgan fingerprint density at radius 1 is 1.11 bits per heavy atom. The van der Waals surface area contributed by atoms with Gasteiger partial charge in [0.2, 0.25) is 11.8 Å². The first kappa shape index (κ1) is 37.3. The molecule has 4 heterocycles. The second-order valence-corrected chi connectivity index (χ2v) is 14.9. The van der Waals surface area contributed by atoms with Crippen LogP contribution in [0.5, 0.6) is 5.88 Å². The molecule has 0 unspecified atom stereocenters. The molecule has 13 nitrogen and oxygen atoms in total. The molecule has 54 heavy (non-hydrogen) atoms. The molecule has 16 heteroatoms. The lowest BCUT2D eigenvalue weighted by molar-refractivity contribution is -0.119. The summed E-state index contributed by atoms with van der Waals surface area (Å²) in [6, 6.07) is 13.3. The zero-order chi connectivity index (χ0) is 38.5. The van der Waals surface area contributed by atoms with Crippen molar-refractivity contribution in [2.24, 2.45) is 7.05 Å². The summed E-state index contributed by atoms with van der Waals surface area (Å²) < 4.78 is 24.3. The van der Waals surface area contributed by atoms with E-state index in [-0.39, 0.29) is 58.8 Å². The predicted octanol–water partition coefficient (Wildman–Crippen LogP) is 5.65. The molecule has 7 rings (SSSR count). The summed E-state index contributed by atoms with van der Waals surface area (Å²) in [6.45, 7) is 1.79. The fourth-order valence-corrected chi connectivity index (χ4v) is 7.87. The number of aliphatic hydroxyl groups is 1. The van der Waals surface area contributed by atoms with Crippen LogP contribution < -0.4 is 20.9 Å². The lowest BCUT2D eigenvalue weighted by atomic mass is 9.77. The third-order valence-electron chi connectivity index (χ3n) is 10.1. The van der Waals surface area contributed by atoms with Crippen LogP contribution in [0.15, 0.2) is 59.5 Å². The SMILES string of the molecule is COc1nc(-c2cccc(-c3cccc(-c4cc5c(=O)n(C)c(CNC6CC(C)(O)C6)nn5c4)c3Cl)c2Cl)cc(F)c1CN(C[C@@H]1CCC(=O)N1)C(=O)O. The number of rotatable bonds is 11. The van der Waals surface area contributed by atoms with Gasteiger partial charge in [0.05, 0.1) is 47.1 Å². The van der Waals surface area contributed by atoms with Gasteiger partial charge in [-0.25, -0.2) is 18.7 Å². The molecule has 2 aliphatic rings. The highest BCUT2D eigenvalue weighted by molar-refractivity contribution is 6.39. The van der Waals surface area contributed by atoms with E-state index in [9.17, 15) is 24.6 Å². The molecule has 2 aromatic carbocycles. The minimum atomic E-state index is -1.28. The number of nitrogens with one attached hydrogen (secondary N) is 2. The van der Waals surface area contributed by atoms with Gasteiger partial charge in [0.15, 0.2) is 0 Å². The van der Waals surface area contributed by atoms with Gasteiger partial charge in [-0.1, -0.05) is 59.6 Å². The average Bonchev–Trinajstić information content (AvgIpc) is 3.74. The number of pyridine rings is 1. The van der Waals surface area contributed by atoms with Crippen molar-refractivity contribution < 1.29 is 28.9 Å². The van der Waals surface area contributed by atoms with E-state index in [1.165, 1.54) is 17.7 Å². The first-order valence-electron chi connectivity index (χ1n) is 17.4. The summed E-state index contributed by atoms with van der Waals surface area (Å²) in [6.07, 6.45) is 2.51. The quantitative estimate of drug-likeness (QED) is 0.133. The van der Waals surface area contributed by atoms with Crippen molar-refractivity contribution in [3.05, 3.63) is 92.3 Å². The Kier molecular flexibility index (Phi) is 10.1. The van der Waals surface area contributed by atoms with Crippen LogP contribution in [0.2, 0.25) is 10.0 Å². The van der Waals surface area contributed by atoms with E-state index in [1.54, 1.807) is 55.0 Å². The Bertz CT molecular complexity index is 2360. The van der Waals surface area contributed by atoms with Crippen LogP contribution in [0.25, 0.3) is 39.0 Å². The third kappa shape index (κ3) is 7.26. The molecule has 4 N–H and O–H groups in total. The molecule has 1 saturated carbocycles. The molecule has 1 atom stereocenters. The Balaban J connectivity index is 1.18. The van der Waals surface area contributed by atoms with Crippen molar-refractivity contribution in [1.82, 2.24) is 34.7 Å².